The van der Waals surface area contributed by atoms with E-state index in [9.17, 15) is 29.4 Å². The number of rotatable bonds is 5. The SMILES string of the molecule is COC(=O)C1=C(C(=O)OC)N(c2cc(F)ccc2[N+](=O)[O-])C(N)=C(C#N)C1c1ccccc1. The highest BCUT2D eigenvalue weighted by molar-refractivity contribution is 6.06. The number of hydrogen-bond acceptors (Lipinski definition) is 9. The van der Waals surface area contributed by atoms with Crippen molar-refractivity contribution < 1.29 is 28.4 Å². The minimum Gasteiger partial charge on any atom is -0.466 e. The van der Waals surface area contributed by atoms with Gasteiger partial charge >= 0.3 is 11.9 Å². The molecular weight excluding hydrogens is 435 g/mol. The summed E-state index contributed by atoms with van der Waals surface area (Å²) in [5.74, 6) is -4.55. The molecule has 3 rings (SSSR count). The molecule has 1 heterocycles. The zero-order valence-corrected chi connectivity index (χ0v) is 17.4. The lowest BCUT2D eigenvalue weighted by Gasteiger charge is -2.35. The Bertz CT molecular complexity index is 1250. The molecule has 168 valence electrons. The van der Waals surface area contributed by atoms with Crippen LogP contribution in [0.2, 0.25) is 0 Å². The van der Waals surface area contributed by atoms with Crippen LogP contribution in [0.15, 0.2) is 71.2 Å². The predicted molar refractivity (Wildman–Crippen MR) is 113 cm³/mol. The summed E-state index contributed by atoms with van der Waals surface area (Å²) < 4.78 is 23.8. The van der Waals surface area contributed by atoms with Gasteiger partial charge in [-0.2, -0.15) is 5.26 Å². The molecule has 10 nitrogen and oxygen atoms in total. The Morgan fingerprint density at radius 2 is 1.79 bits per heavy atom. The Balaban J connectivity index is 2.49. The largest absolute Gasteiger partial charge is 0.466 e. The van der Waals surface area contributed by atoms with Gasteiger partial charge in [-0.05, 0) is 11.6 Å². The number of nitrogens with two attached hydrogens (primary N) is 1. The van der Waals surface area contributed by atoms with Crippen molar-refractivity contribution >= 4 is 23.3 Å². The standard InChI is InChI=1S/C22H17FN4O6/c1-32-21(28)18-17(12-6-4-3-5-7-12)14(11-24)20(25)26(19(18)22(29)33-2)16-10-13(23)8-9-15(16)27(30)31/h3-10,17H,25H2,1-2H3. The number of carbonyl (C=O) groups is 2. The van der Waals surface area contributed by atoms with E-state index in [-0.39, 0.29) is 11.1 Å². The van der Waals surface area contributed by atoms with Crippen molar-refractivity contribution in [3.8, 4) is 6.07 Å². The third kappa shape index (κ3) is 3.97. The molecule has 0 aromatic heterocycles. The highest BCUT2D eigenvalue weighted by Gasteiger charge is 2.44. The van der Waals surface area contributed by atoms with Crippen LogP contribution >= 0.6 is 0 Å². The predicted octanol–water partition coefficient (Wildman–Crippen LogP) is 2.63. The Morgan fingerprint density at radius 1 is 1.15 bits per heavy atom. The van der Waals surface area contributed by atoms with Crippen molar-refractivity contribution in [2.45, 2.75) is 5.92 Å². The molecular formula is C22H17FN4O6. The van der Waals surface area contributed by atoms with Crippen LogP contribution in [0, 0.1) is 27.3 Å². The molecule has 2 N–H and O–H groups in total. The second kappa shape index (κ2) is 9.19. The van der Waals surface area contributed by atoms with E-state index in [0.29, 0.717) is 5.56 Å². The smallest absolute Gasteiger partial charge is 0.355 e. The number of nitro benzene ring substituents is 1. The molecule has 0 saturated heterocycles. The molecule has 0 radical (unpaired) electrons. The van der Waals surface area contributed by atoms with Crippen LogP contribution in [-0.2, 0) is 19.1 Å². The second-order valence-electron chi connectivity index (χ2n) is 6.73. The first-order chi connectivity index (χ1) is 15.8. The summed E-state index contributed by atoms with van der Waals surface area (Å²) >= 11 is 0. The number of benzene rings is 2. The van der Waals surface area contributed by atoms with Gasteiger partial charge in [-0.25, -0.2) is 14.0 Å². The van der Waals surface area contributed by atoms with E-state index in [1.807, 2.05) is 6.07 Å². The molecule has 1 unspecified atom stereocenters. The van der Waals surface area contributed by atoms with E-state index in [4.69, 9.17) is 15.2 Å². The number of nitrogens with zero attached hydrogens (tertiary/aromatic N) is 3. The Morgan fingerprint density at radius 3 is 2.33 bits per heavy atom. The van der Waals surface area contributed by atoms with Gasteiger partial charge in [0.15, 0.2) is 0 Å². The van der Waals surface area contributed by atoms with Gasteiger partial charge in [0.05, 0.1) is 42.3 Å². The second-order valence-corrected chi connectivity index (χ2v) is 6.73. The van der Waals surface area contributed by atoms with Crippen LogP contribution in [0.4, 0.5) is 15.8 Å². The van der Waals surface area contributed by atoms with E-state index < -0.39 is 51.5 Å². The van der Waals surface area contributed by atoms with Crippen molar-refractivity contribution in [1.82, 2.24) is 0 Å². The number of carbonyl (C=O) groups excluding carboxylic acids is 2. The first kappa shape index (κ1) is 23.0. The molecule has 0 fully saturated rings. The maximum absolute atomic E-state index is 14.2. The fraction of sp³-hybridized carbons (Fsp3) is 0.136. The molecule has 1 aliphatic heterocycles. The zero-order valence-electron chi connectivity index (χ0n) is 17.4. The highest BCUT2D eigenvalue weighted by Crippen LogP contribution is 2.45. The van der Waals surface area contributed by atoms with Gasteiger partial charge in [0.1, 0.15) is 23.0 Å². The average Bonchev–Trinajstić information content (AvgIpc) is 2.82. The highest BCUT2D eigenvalue weighted by atomic mass is 19.1. The molecule has 0 saturated carbocycles. The van der Waals surface area contributed by atoms with Crippen molar-refractivity contribution in [3.63, 3.8) is 0 Å². The number of anilines is 1. The van der Waals surface area contributed by atoms with E-state index in [2.05, 4.69) is 0 Å². The minimum absolute atomic E-state index is 0.201. The third-order valence-electron chi connectivity index (χ3n) is 4.99. The van der Waals surface area contributed by atoms with Crippen LogP contribution in [0.5, 0.6) is 0 Å². The van der Waals surface area contributed by atoms with E-state index >= 15 is 0 Å². The quantitative estimate of drug-likeness (QED) is 0.410. The van der Waals surface area contributed by atoms with Gasteiger partial charge in [-0.3, -0.25) is 15.0 Å². The average molecular weight is 452 g/mol. The Labute approximate surface area is 187 Å². The fourth-order valence-electron chi connectivity index (χ4n) is 3.59. The molecule has 11 heteroatoms. The number of hydrogen-bond donors (Lipinski definition) is 1. The molecule has 1 aliphatic rings. The van der Waals surface area contributed by atoms with Crippen LogP contribution in [-0.4, -0.2) is 31.1 Å². The monoisotopic (exact) mass is 452 g/mol. The summed E-state index contributed by atoms with van der Waals surface area (Å²) in [5.41, 5.74) is 4.48. The lowest BCUT2D eigenvalue weighted by Crippen LogP contribution is -2.41. The van der Waals surface area contributed by atoms with Crippen LogP contribution in [0.25, 0.3) is 0 Å². The van der Waals surface area contributed by atoms with Crippen molar-refractivity contribution in [2.75, 3.05) is 19.1 Å². The summed E-state index contributed by atoms with van der Waals surface area (Å²) in [6, 6.07) is 12.6. The third-order valence-corrected chi connectivity index (χ3v) is 4.99. The van der Waals surface area contributed by atoms with Crippen LogP contribution in [0.3, 0.4) is 0 Å². The summed E-state index contributed by atoms with van der Waals surface area (Å²) in [6.45, 7) is 0. The Hall–Kier alpha value is -4.72. The molecule has 0 amide bonds. The van der Waals surface area contributed by atoms with E-state index in [1.165, 1.54) is 0 Å². The number of nitriles is 1. The van der Waals surface area contributed by atoms with Crippen molar-refractivity contribution in [3.05, 3.63) is 92.7 Å². The number of esters is 2. The summed E-state index contributed by atoms with van der Waals surface area (Å²) in [5, 5.41) is 21.6. The van der Waals surface area contributed by atoms with E-state index in [0.717, 1.165) is 37.3 Å². The number of ether oxygens (including phenoxy) is 2. The Kier molecular flexibility index (Phi) is 6.39. The molecule has 2 aromatic rings. The first-order valence-electron chi connectivity index (χ1n) is 9.36. The number of halogens is 1. The van der Waals surface area contributed by atoms with Crippen molar-refractivity contribution in [1.29, 1.82) is 5.26 Å². The summed E-state index contributed by atoms with van der Waals surface area (Å²) in [4.78, 5) is 37.4. The topological polar surface area (TPSA) is 149 Å². The molecule has 33 heavy (non-hydrogen) atoms. The maximum Gasteiger partial charge on any atom is 0.355 e. The molecule has 1 atom stereocenters. The van der Waals surface area contributed by atoms with Gasteiger partial charge in [-0.1, -0.05) is 30.3 Å². The fourth-order valence-corrected chi connectivity index (χ4v) is 3.59. The van der Waals surface area contributed by atoms with E-state index in [1.54, 1.807) is 30.3 Å². The van der Waals surface area contributed by atoms with Gasteiger partial charge in [-0.15, -0.1) is 0 Å². The van der Waals surface area contributed by atoms with Gasteiger partial charge in [0.2, 0.25) is 0 Å². The summed E-state index contributed by atoms with van der Waals surface area (Å²) in [7, 11) is 2.09. The molecule has 0 spiro atoms. The number of allylic oxidation sites excluding steroid dienone is 1. The molecule has 2 aromatic carbocycles. The van der Waals surface area contributed by atoms with Gasteiger partial charge < -0.3 is 15.2 Å². The summed E-state index contributed by atoms with van der Waals surface area (Å²) in [6.07, 6.45) is 0. The first-order valence-corrected chi connectivity index (χ1v) is 9.36. The number of methoxy groups -OCH3 is 2. The minimum atomic E-state index is -1.15. The zero-order chi connectivity index (χ0) is 24.3. The normalized spacial score (nSPS) is 15.7. The van der Waals surface area contributed by atoms with Crippen molar-refractivity contribution in [2.24, 2.45) is 5.73 Å². The molecule has 0 aliphatic carbocycles. The van der Waals surface area contributed by atoms with Crippen LogP contribution < -0.4 is 10.6 Å². The van der Waals surface area contributed by atoms with Crippen LogP contribution in [0.1, 0.15) is 11.5 Å². The maximum atomic E-state index is 14.2. The number of nitro groups is 1. The molecule has 0 bridgehead atoms. The lowest BCUT2D eigenvalue weighted by atomic mass is 9.81. The van der Waals surface area contributed by atoms with Gasteiger partial charge in [0, 0.05) is 12.1 Å². The van der Waals surface area contributed by atoms with Gasteiger partial charge in [0.25, 0.3) is 5.69 Å². The lowest BCUT2D eigenvalue weighted by molar-refractivity contribution is -0.384.